The molecule has 2 aromatic carbocycles. The molecule has 3 rings (SSSR count). The molecule has 0 aliphatic carbocycles. The van der Waals surface area contributed by atoms with Gasteiger partial charge >= 0.3 is 12.2 Å². The number of rotatable bonds is 3. The predicted octanol–water partition coefficient (Wildman–Crippen LogP) is 4.65. The molecule has 0 fully saturated rings. The molecule has 6 heteroatoms. The summed E-state index contributed by atoms with van der Waals surface area (Å²) in [6.07, 6.45) is 0.642. The molecule has 136 valence electrons. The minimum atomic E-state index is -0.494. The zero-order chi connectivity index (χ0) is 18.5. The van der Waals surface area contributed by atoms with Crippen LogP contribution in [0.25, 0.3) is 0 Å². The molecule has 0 saturated heterocycles. The average molecular weight is 354 g/mol. The van der Waals surface area contributed by atoms with E-state index in [-0.39, 0.29) is 0 Å². The van der Waals surface area contributed by atoms with Crippen molar-refractivity contribution in [3.05, 3.63) is 53.6 Å². The molecule has 0 spiro atoms. The second kappa shape index (κ2) is 7.91. The monoisotopic (exact) mass is 354 g/mol. The van der Waals surface area contributed by atoms with Gasteiger partial charge in [0.25, 0.3) is 0 Å². The normalized spacial score (nSPS) is 12.5. The Morgan fingerprint density at radius 2 is 1.65 bits per heavy atom. The summed E-state index contributed by atoms with van der Waals surface area (Å²) < 4.78 is 10.2. The molecule has 1 aliphatic heterocycles. The number of anilines is 3. The number of amides is 2. The van der Waals surface area contributed by atoms with E-state index in [1.807, 2.05) is 36.4 Å². The third kappa shape index (κ3) is 3.64. The summed E-state index contributed by atoms with van der Waals surface area (Å²) in [5.74, 6) is 0. The first-order valence-corrected chi connectivity index (χ1v) is 8.75. The predicted molar refractivity (Wildman–Crippen MR) is 100 cm³/mol. The van der Waals surface area contributed by atoms with Gasteiger partial charge < -0.3 is 9.47 Å². The highest BCUT2D eigenvalue weighted by Gasteiger charge is 2.27. The molecule has 2 amide bonds. The highest BCUT2D eigenvalue weighted by atomic mass is 16.6. The summed E-state index contributed by atoms with van der Waals surface area (Å²) in [7, 11) is 0. The van der Waals surface area contributed by atoms with Crippen molar-refractivity contribution in [2.75, 3.05) is 23.4 Å². The molecular weight excluding hydrogens is 332 g/mol. The smallest absolute Gasteiger partial charge is 0.418 e. The van der Waals surface area contributed by atoms with Crippen LogP contribution >= 0.6 is 0 Å². The van der Waals surface area contributed by atoms with Crippen LogP contribution in [-0.2, 0) is 22.3 Å². The lowest BCUT2D eigenvalue weighted by Crippen LogP contribution is -2.27. The lowest BCUT2D eigenvalue weighted by Gasteiger charge is -2.24. The maximum absolute atomic E-state index is 12.6. The van der Waals surface area contributed by atoms with Crippen LogP contribution in [0, 0.1) is 0 Å². The number of aryl methyl sites for hydroxylation is 2. The van der Waals surface area contributed by atoms with E-state index in [2.05, 4.69) is 5.32 Å². The van der Waals surface area contributed by atoms with E-state index in [9.17, 15) is 9.59 Å². The molecule has 2 aromatic rings. The standard InChI is InChI=1S/C20H22N2O4/c1-3-25-19(23)21-16-11-12-18-15(13-16)10-9-14-7-5-6-8-17(14)22(18)20(24)26-4-2/h5-8,11-13H,3-4,9-10H2,1-2H3,(H,21,23). The fraction of sp³-hybridized carbons (Fsp3) is 0.300. The van der Waals surface area contributed by atoms with Gasteiger partial charge in [0.1, 0.15) is 0 Å². The minimum absolute atomic E-state index is 0.301. The second-order valence-electron chi connectivity index (χ2n) is 5.85. The van der Waals surface area contributed by atoms with Crippen molar-refractivity contribution < 1.29 is 19.1 Å². The highest BCUT2D eigenvalue weighted by molar-refractivity contribution is 5.98. The number of nitrogens with zero attached hydrogens (tertiary/aromatic N) is 1. The van der Waals surface area contributed by atoms with Crippen LogP contribution in [0.3, 0.4) is 0 Å². The number of benzene rings is 2. The lowest BCUT2D eigenvalue weighted by atomic mass is 10.0. The summed E-state index contributed by atoms with van der Waals surface area (Å²) in [5.41, 5.74) is 4.27. The van der Waals surface area contributed by atoms with Gasteiger partial charge in [0.2, 0.25) is 0 Å². The number of hydrogen-bond acceptors (Lipinski definition) is 4. The van der Waals surface area contributed by atoms with Crippen LogP contribution in [0.1, 0.15) is 25.0 Å². The Balaban J connectivity index is 2.00. The third-order valence-corrected chi connectivity index (χ3v) is 4.19. The van der Waals surface area contributed by atoms with Gasteiger partial charge in [0.15, 0.2) is 0 Å². The number of carbonyl (C=O) groups is 2. The van der Waals surface area contributed by atoms with Crippen LogP contribution in [-0.4, -0.2) is 25.4 Å². The Morgan fingerprint density at radius 1 is 0.962 bits per heavy atom. The fourth-order valence-electron chi connectivity index (χ4n) is 3.09. The molecular formula is C20H22N2O4. The fourth-order valence-corrected chi connectivity index (χ4v) is 3.09. The van der Waals surface area contributed by atoms with Crippen LogP contribution in [0.5, 0.6) is 0 Å². The van der Waals surface area contributed by atoms with Gasteiger partial charge in [-0.05, 0) is 62.1 Å². The summed E-state index contributed by atoms with van der Waals surface area (Å²) in [4.78, 5) is 25.9. The molecule has 0 aromatic heterocycles. The van der Waals surface area contributed by atoms with Gasteiger partial charge in [-0.2, -0.15) is 0 Å². The summed E-state index contributed by atoms with van der Waals surface area (Å²) >= 11 is 0. The maximum atomic E-state index is 12.6. The van der Waals surface area contributed by atoms with Gasteiger partial charge in [0.05, 0.1) is 24.6 Å². The Bertz CT molecular complexity index is 819. The van der Waals surface area contributed by atoms with E-state index in [4.69, 9.17) is 9.47 Å². The van der Waals surface area contributed by atoms with Gasteiger partial charge in [-0.25, -0.2) is 14.5 Å². The van der Waals surface area contributed by atoms with Crippen molar-refractivity contribution in [1.82, 2.24) is 0 Å². The number of para-hydroxylation sites is 1. The Labute approximate surface area is 152 Å². The van der Waals surface area contributed by atoms with Gasteiger partial charge in [-0.15, -0.1) is 0 Å². The lowest BCUT2D eigenvalue weighted by molar-refractivity contribution is 0.162. The number of fused-ring (bicyclic) bond motifs is 2. The molecule has 0 saturated carbocycles. The molecule has 0 bridgehead atoms. The van der Waals surface area contributed by atoms with Crippen molar-refractivity contribution >= 4 is 29.2 Å². The highest BCUT2D eigenvalue weighted by Crippen LogP contribution is 2.37. The van der Waals surface area contributed by atoms with E-state index in [0.29, 0.717) is 18.9 Å². The average Bonchev–Trinajstić information content (AvgIpc) is 2.78. The van der Waals surface area contributed by atoms with E-state index in [1.165, 1.54) is 0 Å². The van der Waals surface area contributed by atoms with Crippen LogP contribution in [0.2, 0.25) is 0 Å². The van der Waals surface area contributed by atoms with E-state index in [0.717, 1.165) is 35.3 Å². The quantitative estimate of drug-likeness (QED) is 0.871. The molecule has 0 atom stereocenters. The van der Waals surface area contributed by atoms with Gasteiger partial charge in [0, 0.05) is 5.69 Å². The first-order valence-electron chi connectivity index (χ1n) is 8.75. The summed E-state index contributed by atoms with van der Waals surface area (Å²) in [5, 5.41) is 2.71. The van der Waals surface area contributed by atoms with Gasteiger partial charge in [-0.3, -0.25) is 5.32 Å². The Hall–Kier alpha value is -3.02. The zero-order valence-electron chi connectivity index (χ0n) is 15.0. The SMILES string of the molecule is CCOC(=O)Nc1ccc2c(c1)CCc1ccccc1N2C(=O)OCC. The van der Waals surface area contributed by atoms with Crippen molar-refractivity contribution in [3.8, 4) is 0 Å². The number of hydrogen-bond donors (Lipinski definition) is 1. The van der Waals surface area contributed by atoms with Crippen molar-refractivity contribution in [3.63, 3.8) is 0 Å². The van der Waals surface area contributed by atoms with Crippen LogP contribution < -0.4 is 10.2 Å². The summed E-state index contributed by atoms with van der Waals surface area (Å²) in [6, 6.07) is 13.3. The van der Waals surface area contributed by atoms with E-state index < -0.39 is 12.2 Å². The molecule has 0 unspecified atom stereocenters. The molecule has 1 heterocycles. The molecule has 6 nitrogen and oxygen atoms in total. The maximum Gasteiger partial charge on any atom is 0.418 e. The van der Waals surface area contributed by atoms with Crippen LogP contribution in [0.4, 0.5) is 26.7 Å². The molecule has 1 N–H and O–H groups in total. The van der Waals surface area contributed by atoms with Crippen molar-refractivity contribution in [2.24, 2.45) is 0 Å². The second-order valence-corrected chi connectivity index (χ2v) is 5.85. The Morgan fingerprint density at radius 3 is 2.42 bits per heavy atom. The van der Waals surface area contributed by atoms with E-state index >= 15 is 0 Å². The van der Waals surface area contributed by atoms with Crippen molar-refractivity contribution in [2.45, 2.75) is 26.7 Å². The van der Waals surface area contributed by atoms with Gasteiger partial charge in [-0.1, -0.05) is 18.2 Å². The zero-order valence-corrected chi connectivity index (χ0v) is 15.0. The van der Waals surface area contributed by atoms with Crippen molar-refractivity contribution in [1.29, 1.82) is 0 Å². The number of carbonyl (C=O) groups excluding carboxylic acids is 2. The van der Waals surface area contributed by atoms with E-state index in [1.54, 1.807) is 24.8 Å². The van der Waals surface area contributed by atoms with Crippen LogP contribution in [0.15, 0.2) is 42.5 Å². The topological polar surface area (TPSA) is 67.9 Å². The largest absolute Gasteiger partial charge is 0.450 e. The minimum Gasteiger partial charge on any atom is -0.450 e. The number of ether oxygens (including phenoxy) is 2. The first-order chi connectivity index (χ1) is 12.6. The Kier molecular flexibility index (Phi) is 5.41. The first kappa shape index (κ1) is 17.8. The molecule has 26 heavy (non-hydrogen) atoms. The number of nitrogens with one attached hydrogen (secondary N) is 1. The third-order valence-electron chi connectivity index (χ3n) is 4.19. The molecule has 0 radical (unpaired) electrons. The molecule has 1 aliphatic rings. The summed E-state index contributed by atoms with van der Waals surface area (Å²) in [6.45, 7) is 4.15.